The minimum Gasteiger partial charge on any atom is -0.394 e. The molecule has 1 aromatic rings. The zero-order valence-corrected chi connectivity index (χ0v) is 9.10. The summed E-state index contributed by atoms with van der Waals surface area (Å²) >= 11 is 0. The summed E-state index contributed by atoms with van der Waals surface area (Å²) in [4.78, 5) is 0. The van der Waals surface area contributed by atoms with Crippen LogP contribution in [0.25, 0.3) is 0 Å². The van der Waals surface area contributed by atoms with Gasteiger partial charge in [0.1, 0.15) is 30.5 Å². The Kier molecular flexibility index (Phi) is 3.76. The second-order valence-electron chi connectivity index (χ2n) is 4.09. The SMILES string of the molecule is OC[C@H]1O[C@H](c2c[c]ccc2)[C@H](O)[C@@H](O)[C@@H]1O. The predicted molar refractivity (Wildman–Crippen MR) is 58.0 cm³/mol. The molecule has 0 unspecified atom stereocenters. The van der Waals surface area contributed by atoms with Gasteiger partial charge in [0.05, 0.1) is 6.61 Å². The van der Waals surface area contributed by atoms with Crippen molar-refractivity contribution >= 4 is 0 Å². The summed E-state index contributed by atoms with van der Waals surface area (Å²) in [5, 5.41) is 38.1. The molecule has 5 atom stereocenters. The molecule has 1 saturated heterocycles. The lowest BCUT2D eigenvalue weighted by atomic mass is 9.91. The normalized spacial score (nSPS) is 38.0. The van der Waals surface area contributed by atoms with Crippen molar-refractivity contribution in [2.45, 2.75) is 30.5 Å². The van der Waals surface area contributed by atoms with Crippen LogP contribution in [0.1, 0.15) is 11.7 Å². The molecule has 5 nitrogen and oxygen atoms in total. The first-order valence-electron chi connectivity index (χ1n) is 5.41. The van der Waals surface area contributed by atoms with Crippen LogP contribution < -0.4 is 0 Å². The van der Waals surface area contributed by atoms with Crippen LogP contribution in [0.3, 0.4) is 0 Å². The third-order valence-corrected chi connectivity index (χ3v) is 2.95. The number of benzene rings is 1. The molecule has 1 radical (unpaired) electrons. The molecule has 1 fully saturated rings. The largest absolute Gasteiger partial charge is 0.394 e. The van der Waals surface area contributed by atoms with Crippen LogP contribution in [0.4, 0.5) is 0 Å². The van der Waals surface area contributed by atoms with Gasteiger partial charge in [0, 0.05) is 0 Å². The van der Waals surface area contributed by atoms with Gasteiger partial charge in [0.2, 0.25) is 0 Å². The summed E-state index contributed by atoms with van der Waals surface area (Å²) < 4.78 is 5.39. The van der Waals surface area contributed by atoms with Gasteiger partial charge in [-0.2, -0.15) is 0 Å². The summed E-state index contributed by atoms with van der Waals surface area (Å²) in [6.45, 7) is -0.419. The zero-order valence-electron chi connectivity index (χ0n) is 9.10. The first kappa shape index (κ1) is 12.5. The average molecular weight is 239 g/mol. The molecule has 1 aromatic carbocycles. The van der Waals surface area contributed by atoms with Gasteiger partial charge < -0.3 is 25.2 Å². The van der Waals surface area contributed by atoms with E-state index < -0.39 is 37.1 Å². The van der Waals surface area contributed by atoms with Gasteiger partial charge in [0.15, 0.2) is 0 Å². The maximum Gasteiger partial charge on any atom is 0.113 e. The molecule has 0 aliphatic carbocycles. The van der Waals surface area contributed by atoms with Gasteiger partial charge in [-0.1, -0.05) is 18.2 Å². The van der Waals surface area contributed by atoms with Gasteiger partial charge in [0.25, 0.3) is 0 Å². The van der Waals surface area contributed by atoms with E-state index in [9.17, 15) is 15.3 Å². The highest BCUT2D eigenvalue weighted by Crippen LogP contribution is 2.31. The Morgan fingerprint density at radius 3 is 2.53 bits per heavy atom. The van der Waals surface area contributed by atoms with Crippen molar-refractivity contribution in [1.82, 2.24) is 0 Å². The van der Waals surface area contributed by atoms with Crippen LogP contribution in [0, 0.1) is 6.07 Å². The van der Waals surface area contributed by atoms with Crippen molar-refractivity contribution < 1.29 is 25.2 Å². The van der Waals surface area contributed by atoms with E-state index in [1.54, 1.807) is 24.3 Å². The Bertz CT molecular complexity index is 353. The fourth-order valence-corrected chi connectivity index (χ4v) is 1.96. The number of aliphatic hydroxyl groups excluding tert-OH is 4. The second-order valence-corrected chi connectivity index (χ2v) is 4.09. The van der Waals surface area contributed by atoms with Crippen LogP contribution in [-0.4, -0.2) is 51.4 Å². The Labute approximate surface area is 98.9 Å². The summed E-state index contributed by atoms with van der Waals surface area (Å²) in [5.41, 5.74) is 0.643. The van der Waals surface area contributed by atoms with E-state index in [0.29, 0.717) is 5.56 Å². The molecule has 0 saturated carbocycles. The van der Waals surface area contributed by atoms with E-state index in [4.69, 9.17) is 9.84 Å². The molecule has 4 N–H and O–H groups in total. The Balaban J connectivity index is 2.23. The Morgan fingerprint density at radius 1 is 1.18 bits per heavy atom. The lowest BCUT2D eigenvalue weighted by Gasteiger charge is -2.40. The molecule has 1 aliphatic rings. The molecule has 0 spiro atoms. The highest BCUT2D eigenvalue weighted by Gasteiger charge is 2.43. The number of aliphatic hydroxyl groups is 4. The summed E-state index contributed by atoms with van der Waals surface area (Å²) in [6.07, 6.45) is -5.55. The molecule has 93 valence electrons. The zero-order chi connectivity index (χ0) is 12.4. The summed E-state index contributed by atoms with van der Waals surface area (Å²) in [5.74, 6) is 0. The van der Waals surface area contributed by atoms with Crippen molar-refractivity contribution in [3.8, 4) is 0 Å². The first-order chi connectivity index (χ1) is 8.15. The van der Waals surface area contributed by atoms with Gasteiger partial charge in [-0.15, -0.1) is 0 Å². The van der Waals surface area contributed by atoms with E-state index in [1.807, 2.05) is 0 Å². The predicted octanol–water partition coefficient (Wildman–Crippen LogP) is -0.998. The molecule has 17 heavy (non-hydrogen) atoms. The number of hydrogen-bond donors (Lipinski definition) is 4. The van der Waals surface area contributed by atoms with Crippen LogP contribution in [0.15, 0.2) is 24.3 Å². The van der Waals surface area contributed by atoms with E-state index in [-0.39, 0.29) is 0 Å². The van der Waals surface area contributed by atoms with Crippen molar-refractivity contribution in [3.63, 3.8) is 0 Å². The quantitative estimate of drug-likeness (QED) is 0.531. The number of rotatable bonds is 2. The second kappa shape index (κ2) is 5.12. The summed E-state index contributed by atoms with van der Waals surface area (Å²) in [6, 6.07) is 9.63. The minimum absolute atomic E-state index is 0.419. The van der Waals surface area contributed by atoms with Crippen LogP contribution in [-0.2, 0) is 4.74 Å². The van der Waals surface area contributed by atoms with Gasteiger partial charge >= 0.3 is 0 Å². The fraction of sp³-hybridized carbons (Fsp3) is 0.500. The van der Waals surface area contributed by atoms with Crippen molar-refractivity contribution in [3.05, 3.63) is 35.9 Å². The molecule has 5 heteroatoms. The Morgan fingerprint density at radius 2 is 1.94 bits per heavy atom. The Hall–Kier alpha value is -0.980. The van der Waals surface area contributed by atoms with Crippen LogP contribution in [0.5, 0.6) is 0 Å². The molecule has 0 amide bonds. The average Bonchev–Trinajstić information content (AvgIpc) is 2.37. The highest BCUT2D eigenvalue weighted by atomic mass is 16.5. The molecular formula is C12H15O5. The first-order valence-corrected chi connectivity index (χ1v) is 5.41. The molecule has 2 rings (SSSR count). The van der Waals surface area contributed by atoms with Crippen molar-refractivity contribution in [2.24, 2.45) is 0 Å². The van der Waals surface area contributed by atoms with E-state index >= 15 is 0 Å². The van der Waals surface area contributed by atoms with Crippen LogP contribution >= 0.6 is 0 Å². The molecule has 1 heterocycles. The maximum absolute atomic E-state index is 9.84. The third-order valence-electron chi connectivity index (χ3n) is 2.95. The monoisotopic (exact) mass is 239 g/mol. The lowest BCUT2D eigenvalue weighted by Crippen LogP contribution is -2.55. The number of hydrogen-bond acceptors (Lipinski definition) is 5. The maximum atomic E-state index is 9.84. The van der Waals surface area contributed by atoms with Gasteiger partial charge in [-0.3, -0.25) is 0 Å². The molecule has 0 aromatic heterocycles. The fourth-order valence-electron chi connectivity index (χ4n) is 1.96. The highest BCUT2D eigenvalue weighted by molar-refractivity contribution is 5.19. The molecule has 1 aliphatic heterocycles. The van der Waals surface area contributed by atoms with Crippen LogP contribution in [0.2, 0.25) is 0 Å². The van der Waals surface area contributed by atoms with Crippen molar-refractivity contribution in [1.29, 1.82) is 0 Å². The summed E-state index contributed by atoms with van der Waals surface area (Å²) in [7, 11) is 0. The van der Waals surface area contributed by atoms with Gasteiger partial charge in [-0.25, -0.2) is 0 Å². The third kappa shape index (κ3) is 2.34. The topological polar surface area (TPSA) is 90.2 Å². The lowest BCUT2D eigenvalue weighted by molar-refractivity contribution is -0.231. The standard InChI is InChI=1S/C12H15O5/c13-6-8-9(14)10(15)11(16)12(17-8)7-4-2-1-3-5-7/h1-2,4-5,8-16H,6H2/t8-,9-,10+,11-,12-/m1/s1. The minimum atomic E-state index is -1.34. The van der Waals surface area contributed by atoms with Gasteiger partial charge in [-0.05, 0) is 17.7 Å². The smallest absolute Gasteiger partial charge is 0.113 e. The van der Waals surface area contributed by atoms with Crippen molar-refractivity contribution in [2.75, 3.05) is 6.61 Å². The van der Waals surface area contributed by atoms with E-state index in [0.717, 1.165) is 0 Å². The molecule has 0 bridgehead atoms. The van der Waals surface area contributed by atoms with E-state index in [1.165, 1.54) is 0 Å². The number of ether oxygens (including phenoxy) is 1. The molecular weight excluding hydrogens is 224 g/mol. The van der Waals surface area contributed by atoms with E-state index in [2.05, 4.69) is 6.07 Å².